The Morgan fingerprint density at radius 2 is 1.90 bits per heavy atom. The van der Waals surface area contributed by atoms with Crippen molar-refractivity contribution in [2.75, 3.05) is 5.75 Å². The molecule has 0 aliphatic rings. The molecule has 3 rings (SSSR count). The van der Waals surface area contributed by atoms with E-state index in [1.165, 1.54) is 21.2 Å². The van der Waals surface area contributed by atoms with Gasteiger partial charge in [0, 0.05) is 16.7 Å². The number of nitrogens with two attached hydrogens (primary N) is 1. The molecule has 0 spiro atoms. The molecule has 2 aromatic carbocycles. The van der Waals surface area contributed by atoms with Crippen LogP contribution in [-0.2, 0) is 0 Å². The second-order valence-electron chi connectivity index (χ2n) is 4.83. The highest BCUT2D eigenvalue weighted by Crippen LogP contribution is 2.29. The standard InChI is InChI=1S/C17H17NOS/c1-12-17(9-10-19-12)20-11-16(18)15-8-4-6-13-5-2-3-7-14(13)15/h2-10,16H,11,18H2,1H3. The fraction of sp³-hybridized carbons (Fsp3) is 0.176. The van der Waals surface area contributed by atoms with Crippen LogP contribution >= 0.6 is 11.8 Å². The van der Waals surface area contributed by atoms with Gasteiger partial charge in [-0.1, -0.05) is 42.5 Å². The van der Waals surface area contributed by atoms with Gasteiger partial charge in [0.05, 0.1) is 6.26 Å². The Morgan fingerprint density at radius 1 is 1.10 bits per heavy atom. The molecule has 3 aromatic rings. The van der Waals surface area contributed by atoms with Gasteiger partial charge in [-0.2, -0.15) is 0 Å². The summed E-state index contributed by atoms with van der Waals surface area (Å²) in [7, 11) is 0. The molecule has 20 heavy (non-hydrogen) atoms. The lowest BCUT2D eigenvalue weighted by molar-refractivity contribution is 0.527. The van der Waals surface area contributed by atoms with E-state index in [1.807, 2.05) is 13.0 Å². The highest BCUT2D eigenvalue weighted by Gasteiger charge is 2.11. The second kappa shape index (κ2) is 5.73. The number of fused-ring (bicyclic) bond motifs is 1. The van der Waals surface area contributed by atoms with E-state index in [4.69, 9.17) is 10.2 Å². The summed E-state index contributed by atoms with van der Waals surface area (Å²) in [6, 6.07) is 16.7. The molecule has 1 aromatic heterocycles. The van der Waals surface area contributed by atoms with Crippen molar-refractivity contribution < 1.29 is 4.42 Å². The van der Waals surface area contributed by atoms with Crippen LogP contribution in [0.5, 0.6) is 0 Å². The first-order valence-corrected chi connectivity index (χ1v) is 7.64. The Kier molecular flexibility index (Phi) is 3.81. The summed E-state index contributed by atoms with van der Waals surface area (Å²) < 4.78 is 5.31. The molecule has 0 aliphatic heterocycles. The summed E-state index contributed by atoms with van der Waals surface area (Å²) in [5, 5.41) is 2.48. The predicted molar refractivity (Wildman–Crippen MR) is 85.0 cm³/mol. The van der Waals surface area contributed by atoms with Crippen molar-refractivity contribution in [3.8, 4) is 0 Å². The van der Waals surface area contributed by atoms with Crippen LogP contribution in [0.25, 0.3) is 10.8 Å². The maximum atomic E-state index is 6.38. The average Bonchev–Trinajstić information content (AvgIpc) is 2.89. The van der Waals surface area contributed by atoms with Crippen molar-refractivity contribution in [3.63, 3.8) is 0 Å². The topological polar surface area (TPSA) is 39.2 Å². The van der Waals surface area contributed by atoms with Gasteiger partial charge in [0.2, 0.25) is 0 Å². The molecule has 0 amide bonds. The Morgan fingerprint density at radius 3 is 2.70 bits per heavy atom. The van der Waals surface area contributed by atoms with Crippen LogP contribution in [-0.4, -0.2) is 5.75 Å². The fourth-order valence-electron chi connectivity index (χ4n) is 2.37. The normalized spacial score (nSPS) is 12.7. The van der Waals surface area contributed by atoms with Crippen LogP contribution in [0.1, 0.15) is 17.4 Å². The van der Waals surface area contributed by atoms with Crippen LogP contribution in [0.2, 0.25) is 0 Å². The van der Waals surface area contributed by atoms with Crippen molar-refractivity contribution in [2.45, 2.75) is 17.9 Å². The number of rotatable bonds is 4. The van der Waals surface area contributed by atoms with E-state index in [1.54, 1.807) is 18.0 Å². The number of benzene rings is 2. The molecule has 0 bridgehead atoms. The lowest BCUT2D eigenvalue weighted by atomic mass is 10.0. The van der Waals surface area contributed by atoms with E-state index in [2.05, 4.69) is 42.5 Å². The van der Waals surface area contributed by atoms with Crippen LogP contribution in [0.3, 0.4) is 0 Å². The maximum absolute atomic E-state index is 6.38. The minimum atomic E-state index is 0.0143. The molecule has 1 heterocycles. The second-order valence-corrected chi connectivity index (χ2v) is 5.89. The zero-order valence-electron chi connectivity index (χ0n) is 11.4. The van der Waals surface area contributed by atoms with Gasteiger partial charge in [-0.25, -0.2) is 0 Å². The van der Waals surface area contributed by atoms with Gasteiger partial charge >= 0.3 is 0 Å². The monoisotopic (exact) mass is 283 g/mol. The molecular formula is C17H17NOS. The molecule has 102 valence electrons. The number of furan rings is 1. The van der Waals surface area contributed by atoms with Gasteiger partial charge in [-0.15, -0.1) is 11.8 Å². The summed E-state index contributed by atoms with van der Waals surface area (Å²) in [4.78, 5) is 1.17. The van der Waals surface area contributed by atoms with Crippen molar-refractivity contribution in [1.82, 2.24) is 0 Å². The quantitative estimate of drug-likeness (QED) is 0.715. The number of hydrogen-bond acceptors (Lipinski definition) is 3. The third-order valence-electron chi connectivity index (χ3n) is 3.45. The van der Waals surface area contributed by atoms with Crippen molar-refractivity contribution >= 4 is 22.5 Å². The molecule has 2 N–H and O–H groups in total. The number of hydrogen-bond donors (Lipinski definition) is 1. The Hall–Kier alpha value is -1.71. The van der Waals surface area contributed by atoms with Gasteiger partial charge in [-0.3, -0.25) is 0 Å². The lowest BCUT2D eigenvalue weighted by Gasteiger charge is -2.14. The molecule has 0 saturated heterocycles. The molecule has 1 atom stereocenters. The zero-order valence-corrected chi connectivity index (χ0v) is 12.2. The molecule has 1 unspecified atom stereocenters. The van der Waals surface area contributed by atoms with E-state index < -0.39 is 0 Å². The minimum absolute atomic E-state index is 0.0143. The van der Waals surface area contributed by atoms with E-state index in [9.17, 15) is 0 Å². The smallest absolute Gasteiger partial charge is 0.114 e. The molecule has 0 aliphatic carbocycles. The first kappa shape index (κ1) is 13.3. The van der Waals surface area contributed by atoms with Crippen molar-refractivity contribution in [3.05, 3.63) is 66.1 Å². The highest BCUT2D eigenvalue weighted by molar-refractivity contribution is 7.99. The average molecular weight is 283 g/mol. The molecule has 2 nitrogen and oxygen atoms in total. The summed E-state index contributed by atoms with van der Waals surface area (Å²) in [5.74, 6) is 1.80. The van der Waals surface area contributed by atoms with Gasteiger partial charge in [0.25, 0.3) is 0 Å². The number of aryl methyl sites for hydroxylation is 1. The first-order valence-electron chi connectivity index (χ1n) is 6.66. The van der Waals surface area contributed by atoms with Crippen LogP contribution in [0.4, 0.5) is 0 Å². The zero-order chi connectivity index (χ0) is 13.9. The summed E-state index contributed by atoms with van der Waals surface area (Å²) in [6.45, 7) is 1.98. The van der Waals surface area contributed by atoms with Crippen LogP contribution in [0, 0.1) is 6.92 Å². The third-order valence-corrected chi connectivity index (χ3v) is 4.71. The van der Waals surface area contributed by atoms with Crippen LogP contribution < -0.4 is 5.73 Å². The largest absolute Gasteiger partial charge is 0.468 e. The predicted octanol–water partition coefficient (Wildman–Crippen LogP) is 4.53. The van der Waals surface area contributed by atoms with Gasteiger partial charge in [-0.05, 0) is 29.3 Å². The molecule has 3 heteroatoms. The van der Waals surface area contributed by atoms with Crippen molar-refractivity contribution in [1.29, 1.82) is 0 Å². The highest BCUT2D eigenvalue weighted by atomic mass is 32.2. The van der Waals surface area contributed by atoms with E-state index in [0.717, 1.165) is 11.5 Å². The van der Waals surface area contributed by atoms with Gasteiger partial charge in [0.15, 0.2) is 0 Å². The summed E-state index contributed by atoms with van der Waals surface area (Å²) >= 11 is 1.75. The van der Waals surface area contributed by atoms with E-state index in [-0.39, 0.29) is 6.04 Å². The fourth-order valence-corrected chi connectivity index (χ4v) is 3.31. The first-order chi connectivity index (χ1) is 9.75. The number of thioether (sulfide) groups is 1. The summed E-state index contributed by atoms with van der Waals surface area (Å²) in [6.07, 6.45) is 1.72. The molecule has 0 saturated carbocycles. The Bertz CT molecular complexity index is 714. The third kappa shape index (κ3) is 2.60. The maximum Gasteiger partial charge on any atom is 0.114 e. The van der Waals surface area contributed by atoms with Crippen LogP contribution in [0.15, 0.2) is 64.1 Å². The van der Waals surface area contributed by atoms with E-state index >= 15 is 0 Å². The Balaban J connectivity index is 1.82. The summed E-state index contributed by atoms with van der Waals surface area (Å²) in [5.41, 5.74) is 7.58. The van der Waals surface area contributed by atoms with Gasteiger partial charge < -0.3 is 10.2 Å². The van der Waals surface area contributed by atoms with E-state index in [0.29, 0.717) is 0 Å². The molecular weight excluding hydrogens is 266 g/mol. The van der Waals surface area contributed by atoms with Crippen molar-refractivity contribution in [2.24, 2.45) is 5.73 Å². The Labute approximate surface area is 123 Å². The minimum Gasteiger partial charge on any atom is -0.468 e. The molecule has 0 radical (unpaired) electrons. The lowest BCUT2D eigenvalue weighted by Crippen LogP contribution is -2.13. The molecule has 0 fully saturated rings. The van der Waals surface area contributed by atoms with Gasteiger partial charge in [0.1, 0.15) is 5.76 Å². The SMILES string of the molecule is Cc1occc1SCC(N)c1cccc2ccccc12.